The van der Waals surface area contributed by atoms with Gasteiger partial charge in [0.15, 0.2) is 0 Å². The first-order chi connectivity index (χ1) is 12.2. The van der Waals surface area contributed by atoms with Crippen molar-refractivity contribution in [3.05, 3.63) is 66.2 Å². The molecule has 0 fully saturated rings. The van der Waals surface area contributed by atoms with Crippen LogP contribution in [0.5, 0.6) is 5.75 Å². The van der Waals surface area contributed by atoms with Crippen LogP contribution in [0.15, 0.2) is 65.1 Å². The highest BCUT2D eigenvalue weighted by molar-refractivity contribution is 6.13. The van der Waals surface area contributed by atoms with Crippen molar-refractivity contribution in [3.8, 4) is 16.9 Å². The lowest BCUT2D eigenvalue weighted by Crippen LogP contribution is -2.03. The molecular formula is C21H16O4. The predicted molar refractivity (Wildman–Crippen MR) is 97.0 cm³/mol. The lowest BCUT2D eigenvalue weighted by atomic mass is 9.97. The molecule has 0 amide bonds. The molecule has 3 aromatic carbocycles. The number of methoxy groups -OCH3 is 2. The van der Waals surface area contributed by atoms with Crippen LogP contribution < -0.4 is 4.74 Å². The van der Waals surface area contributed by atoms with Gasteiger partial charge in [0.05, 0.1) is 25.2 Å². The molecule has 4 heteroatoms. The Kier molecular flexibility index (Phi) is 3.65. The summed E-state index contributed by atoms with van der Waals surface area (Å²) in [6, 6.07) is 19.0. The number of esters is 1. The zero-order chi connectivity index (χ0) is 17.4. The van der Waals surface area contributed by atoms with Gasteiger partial charge in [0.2, 0.25) is 0 Å². The number of hydrogen-bond acceptors (Lipinski definition) is 4. The Bertz CT molecular complexity index is 1090. The molecule has 0 N–H and O–H groups in total. The van der Waals surface area contributed by atoms with E-state index >= 15 is 0 Å². The van der Waals surface area contributed by atoms with Gasteiger partial charge in [0.25, 0.3) is 0 Å². The fraction of sp³-hybridized carbons (Fsp3) is 0.0952. The molecule has 0 aliphatic rings. The van der Waals surface area contributed by atoms with Gasteiger partial charge in [-0.05, 0) is 23.8 Å². The second kappa shape index (κ2) is 5.98. The van der Waals surface area contributed by atoms with Gasteiger partial charge in [-0.25, -0.2) is 4.79 Å². The molecule has 4 aromatic rings. The minimum Gasteiger partial charge on any atom is -0.496 e. The number of ether oxygens (including phenoxy) is 2. The van der Waals surface area contributed by atoms with Crippen LogP contribution in [0.2, 0.25) is 0 Å². The first-order valence-electron chi connectivity index (χ1n) is 7.90. The molecule has 4 rings (SSSR count). The van der Waals surface area contributed by atoms with Crippen LogP contribution in [0.4, 0.5) is 0 Å². The molecule has 1 heterocycles. The predicted octanol–water partition coefficient (Wildman–Crippen LogP) is 5.05. The molecule has 1 aromatic heterocycles. The summed E-state index contributed by atoms with van der Waals surface area (Å²) in [5, 5.41) is 1.88. The van der Waals surface area contributed by atoms with Gasteiger partial charge in [0.1, 0.15) is 16.9 Å². The van der Waals surface area contributed by atoms with E-state index in [1.165, 1.54) is 7.11 Å². The lowest BCUT2D eigenvalue weighted by Gasteiger charge is -2.08. The third-order valence-corrected chi connectivity index (χ3v) is 4.33. The summed E-state index contributed by atoms with van der Waals surface area (Å²) in [5.74, 6) is 0.385. The quantitative estimate of drug-likeness (QED) is 0.493. The first-order valence-corrected chi connectivity index (χ1v) is 7.90. The van der Waals surface area contributed by atoms with Crippen molar-refractivity contribution >= 4 is 27.9 Å². The molecule has 4 nitrogen and oxygen atoms in total. The minimum atomic E-state index is -0.374. The van der Waals surface area contributed by atoms with Crippen LogP contribution in [0.1, 0.15) is 10.4 Å². The summed E-state index contributed by atoms with van der Waals surface area (Å²) >= 11 is 0. The van der Waals surface area contributed by atoms with Crippen molar-refractivity contribution in [2.75, 3.05) is 14.2 Å². The molecule has 0 spiro atoms. The summed E-state index contributed by atoms with van der Waals surface area (Å²) in [7, 11) is 3.02. The van der Waals surface area contributed by atoms with E-state index in [4.69, 9.17) is 13.9 Å². The molecular weight excluding hydrogens is 316 g/mol. The first kappa shape index (κ1) is 15.3. The Morgan fingerprint density at radius 3 is 2.44 bits per heavy atom. The average molecular weight is 332 g/mol. The number of furan rings is 1. The third kappa shape index (κ3) is 2.34. The van der Waals surface area contributed by atoms with Crippen LogP contribution in [0.25, 0.3) is 33.1 Å². The average Bonchev–Trinajstić information content (AvgIpc) is 3.06. The molecule has 124 valence electrons. The Labute approximate surface area is 144 Å². The number of rotatable bonds is 3. The largest absolute Gasteiger partial charge is 0.496 e. The van der Waals surface area contributed by atoms with Crippen molar-refractivity contribution in [1.82, 2.24) is 0 Å². The maximum absolute atomic E-state index is 12.1. The van der Waals surface area contributed by atoms with E-state index in [0.29, 0.717) is 5.56 Å². The van der Waals surface area contributed by atoms with Gasteiger partial charge in [-0.15, -0.1) is 0 Å². The van der Waals surface area contributed by atoms with Crippen molar-refractivity contribution in [3.63, 3.8) is 0 Å². The Hall–Kier alpha value is -3.27. The van der Waals surface area contributed by atoms with E-state index in [9.17, 15) is 4.79 Å². The molecule has 0 saturated carbocycles. The Morgan fingerprint density at radius 2 is 1.64 bits per heavy atom. The lowest BCUT2D eigenvalue weighted by molar-refractivity contribution is 0.0601. The number of para-hydroxylation sites is 1. The van der Waals surface area contributed by atoms with Gasteiger partial charge in [-0.2, -0.15) is 0 Å². The van der Waals surface area contributed by atoms with Crippen LogP contribution in [0, 0.1) is 0 Å². The molecule has 0 aliphatic heterocycles. The SMILES string of the molecule is COC(=O)c1ccccc1-c1cccc2c1oc1cccc(OC)c12. The fourth-order valence-corrected chi connectivity index (χ4v) is 3.20. The molecule has 25 heavy (non-hydrogen) atoms. The van der Waals surface area contributed by atoms with E-state index in [0.717, 1.165) is 38.8 Å². The smallest absolute Gasteiger partial charge is 0.338 e. The highest BCUT2D eigenvalue weighted by Crippen LogP contribution is 2.40. The number of carbonyl (C=O) groups excluding carboxylic acids is 1. The Morgan fingerprint density at radius 1 is 0.880 bits per heavy atom. The van der Waals surface area contributed by atoms with Crippen LogP contribution in [-0.2, 0) is 4.74 Å². The van der Waals surface area contributed by atoms with Gasteiger partial charge in [-0.3, -0.25) is 0 Å². The van der Waals surface area contributed by atoms with Gasteiger partial charge in [0, 0.05) is 10.9 Å². The zero-order valence-electron chi connectivity index (χ0n) is 13.9. The molecule has 0 unspecified atom stereocenters. The van der Waals surface area contributed by atoms with Crippen molar-refractivity contribution in [2.24, 2.45) is 0 Å². The topological polar surface area (TPSA) is 48.7 Å². The van der Waals surface area contributed by atoms with Crippen molar-refractivity contribution < 1.29 is 18.7 Å². The highest BCUT2D eigenvalue weighted by atomic mass is 16.5. The summed E-state index contributed by atoms with van der Waals surface area (Å²) in [6.07, 6.45) is 0. The van der Waals surface area contributed by atoms with Gasteiger partial charge < -0.3 is 13.9 Å². The van der Waals surface area contributed by atoms with E-state index in [2.05, 4.69) is 0 Å². The van der Waals surface area contributed by atoms with Crippen LogP contribution >= 0.6 is 0 Å². The minimum absolute atomic E-state index is 0.374. The third-order valence-electron chi connectivity index (χ3n) is 4.33. The number of fused-ring (bicyclic) bond motifs is 3. The molecule has 0 aliphatic carbocycles. The summed E-state index contributed by atoms with van der Waals surface area (Å²) in [4.78, 5) is 12.1. The normalized spacial score (nSPS) is 11.0. The number of carbonyl (C=O) groups is 1. The number of hydrogen-bond donors (Lipinski definition) is 0. The summed E-state index contributed by atoms with van der Waals surface area (Å²) in [6.45, 7) is 0. The maximum Gasteiger partial charge on any atom is 0.338 e. The van der Waals surface area contributed by atoms with Crippen LogP contribution in [0.3, 0.4) is 0 Å². The number of benzene rings is 3. The zero-order valence-corrected chi connectivity index (χ0v) is 13.9. The molecule has 0 radical (unpaired) electrons. The molecule has 0 atom stereocenters. The van der Waals surface area contributed by atoms with Gasteiger partial charge >= 0.3 is 5.97 Å². The van der Waals surface area contributed by atoms with Crippen molar-refractivity contribution in [1.29, 1.82) is 0 Å². The monoisotopic (exact) mass is 332 g/mol. The van der Waals surface area contributed by atoms with Gasteiger partial charge in [-0.1, -0.05) is 42.5 Å². The molecule has 0 saturated heterocycles. The maximum atomic E-state index is 12.1. The highest BCUT2D eigenvalue weighted by Gasteiger charge is 2.19. The Balaban J connectivity index is 2.07. The standard InChI is InChI=1S/C21H16O4/c1-23-17-11-6-12-18-19(17)16-10-5-9-14(20(16)25-18)13-7-3-4-8-15(13)21(22)24-2/h3-12H,1-2H3. The second-order valence-corrected chi connectivity index (χ2v) is 5.65. The summed E-state index contributed by atoms with van der Waals surface area (Å²) < 4.78 is 16.5. The molecule has 0 bridgehead atoms. The van der Waals surface area contributed by atoms with Crippen molar-refractivity contribution in [2.45, 2.75) is 0 Å². The fourth-order valence-electron chi connectivity index (χ4n) is 3.20. The van der Waals surface area contributed by atoms with E-state index in [1.54, 1.807) is 13.2 Å². The van der Waals surface area contributed by atoms with E-state index in [-0.39, 0.29) is 5.97 Å². The summed E-state index contributed by atoms with van der Waals surface area (Å²) in [5.41, 5.74) is 3.59. The second-order valence-electron chi connectivity index (χ2n) is 5.65. The van der Waals surface area contributed by atoms with E-state index < -0.39 is 0 Å². The van der Waals surface area contributed by atoms with Crippen LogP contribution in [-0.4, -0.2) is 20.2 Å². The van der Waals surface area contributed by atoms with E-state index in [1.807, 2.05) is 54.6 Å².